The number of nitriles is 1. The number of hydrogen-bond donors (Lipinski definition) is 1. The number of nitro groups is 1. The number of nitrogens with two attached hydrogens (primary N) is 1. The van der Waals surface area contributed by atoms with Crippen LogP contribution in [0.5, 0.6) is 0 Å². The first kappa shape index (κ1) is 17.1. The second-order valence-corrected chi connectivity index (χ2v) is 6.03. The lowest BCUT2D eigenvalue weighted by Gasteiger charge is -2.11. The van der Waals surface area contributed by atoms with Crippen LogP contribution in [0, 0.1) is 35.3 Å². The number of non-ortho nitro benzene ring substituents is 1. The fourth-order valence-electron chi connectivity index (χ4n) is 2.72. The van der Waals surface area contributed by atoms with Gasteiger partial charge in [0.15, 0.2) is 0 Å². The summed E-state index contributed by atoms with van der Waals surface area (Å²) in [6.07, 6.45) is 0. The first-order valence-electron chi connectivity index (χ1n) is 7.94. The lowest BCUT2D eigenvalue weighted by atomic mass is 9.97. The van der Waals surface area contributed by atoms with Gasteiger partial charge in [-0.1, -0.05) is 12.1 Å². The lowest BCUT2D eigenvalue weighted by Crippen LogP contribution is -2.00. The van der Waals surface area contributed by atoms with Gasteiger partial charge in [0, 0.05) is 23.3 Å². The molecule has 0 amide bonds. The fraction of sp³-hybridized carbons (Fsp3) is 0.100. The summed E-state index contributed by atoms with van der Waals surface area (Å²) in [5.74, 6) is 0.136. The smallest absolute Gasteiger partial charge is 0.269 e. The van der Waals surface area contributed by atoms with E-state index in [9.17, 15) is 15.4 Å². The molecule has 128 valence electrons. The van der Waals surface area contributed by atoms with Crippen molar-refractivity contribution in [1.29, 1.82) is 5.26 Å². The van der Waals surface area contributed by atoms with Crippen molar-refractivity contribution in [2.24, 2.45) is 0 Å². The van der Waals surface area contributed by atoms with Crippen LogP contribution >= 0.6 is 0 Å². The maximum atomic E-state index is 10.8. The average Bonchev–Trinajstić information content (AvgIpc) is 2.63. The summed E-state index contributed by atoms with van der Waals surface area (Å²) in [7, 11) is 0. The van der Waals surface area contributed by atoms with E-state index >= 15 is 0 Å². The SMILES string of the molecule is Cc1ccc(-c2cc(-c3ccc([N+](=O)[O-])cc3)c(C#N)c(N)n2)cc1C. The van der Waals surface area contributed by atoms with Crippen molar-refractivity contribution in [2.75, 3.05) is 5.73 Å². The highest BCUT2D eigenvalue weighted by Gasteiger charge is 2.15. The van der Waals surface area contributed by atoms with E-state index in [1.807, 2.05) is 32.0 Å². The van der Waals surface area contributed by atoms with E-state index in [-0.39, 0.29) is 17.1 Å². The number of nitrogen functional groups attached to an aromatic ring is 1. The molecule has 0 aliphatic rings. The van der Waals surface area contributed by atoms with Crippen molar-refractivity contribution in [3.8, 4) is 28.5 Å². The zero-order chi connectivity index (χ0) is 18.8. The third kappa shape index (κ3) is 3.10. The van der Waals surface area contributed by atoms with E-state index in [0.29, 0.717) is 16.8 Å². The molecule has 3 aromatic rings. The second kappa shape index (κ2) is 6.65. The van der Waals surface area contributed by atoms with Crippen LogP contribution in [0.2, 0.25) is 0 Å². The standard InChI is InChI=1S/C20H16N4O2/c1-12-3-4-15(9-13(12)2)19-10-17(18(11-21)20(22)23-19)14-5-7-16(8-6-14)24(25)26/h3-10H,1-2H3,(H2,22,23). The summed E-state index contributed by atoms with van der Waals surface area (Å²) < 4.78 is 0. The molecule has 0 aliphatic heterocycles. The van der Waals surface area contributed by atoms with Gasteiger partial charge in [-0.15, -0.1) is 0 Å². The number of hydrogen-bond acceptors (Lipinski definition) is 5. The molecule has 6 heteroatoms. The highest BCUT2D eigenvalue weighted by Crippen LogP contribution is 2.32. The Morgan fingerprint density at radius 1 is 1.04 bits per heavy atom. The van der Waals surface area contributed by atoms with Crippen LogP contribution in [0.25, 0.3) is 22.4 Å². The number of anilines is 1. The molecule has 0 spiro atoms. The van der Waals surface area contributed by atoms with E-state index in [4.69, 9.17) is 5.73 Å². The zero-order valence-corrected chi connectivity index (χ0v) is 14.4. The first-order valence-corrected chi connectivity index (χ1v) is 7.94. The number of nitrogens with zero attached hydrogens (tertiary/aromatic N) is 3. The van der Waals surface area contributed by atoms with Crippen LogP contribution in [-0.2, 0) is 0 Å². The Morgan fingerprint density at radius 3 is 2.27 bits per heavy atom. The Balaban J connectivity index is 2.17. The van der Waals surface area contributed by atoms with Crippen molar-refractivity contribution in [3.05, 3.63) is 75.3 Å². The molecule has 1 aromatic heterocycles. The molecule has 6 nitrogen and oxygen atoms in total. The van der Waals surface area contributed by atoms with Crippen LogP contribution in [0.1, 0.15) is 16.7 Å². The van der Waals surface area contributed by atoms with Crippen LogP contribution in [0.4, 0.5) is 11.5 Å². The predicted molar refractivity (Wildman–Crippen MR) is 100 cm³/mol. The van der Waals surface area contributed by atoms with Gasteiger partial charge in [-0.2, -0.15) is 5.26 Å². The van der Waals surface area contributed by atoms with Gasteiger partial charge in [-0.3, -0.25) is 10.1 Å². The topological polar surface area (TPSA) is 106 Å². The highest BCUT2D eigenvalue weighted by atomic mass is 16.6. The van der Waals surface area contributed by atoms with Crippen LogP contribution in [0.15, 0.2) is 48.5 Å². The first-order chi connectivity index (χ1) is 12.4. The van der Waals surface area contributed by atoms with Crippen molar-refractivity contribution in [3.63, 3.8) is 0 Å². The molecule has 0 bridgehead atoms. The van der Waals surface area contributed by atoms with Gasteiger partial charge in [0.2, 0.25) is 0 Å². The Morgan fingerprint density at radius 2 is 1.69 bits per heavy atom. The molecule has 0 aliphatic carbocycles. The minimum absolute atomic E-state index is 0.0105. The van der Waals surface area contributed by atoms with Gasteiger partial charge in [0.05, 0.1) is 10.6 Å². The lowest BCUT2D eigenvalue weighted by molar-refractivity contribution is -0.384. The molecule has 0 saturated carbocycles. The number of benzene rings is 2. The molecule has 0 saturated heterocycles. The number of aromatic nitrogens is 1. The van der Waals surface area contributed by atoms with E-state index in [1.54, 1.807) is 18.2 Å². The number of pyridine rings is 1. The molecule has 0 radical (unpaired) electrons. The maximum Gasteiger partial charge on any atom is 0.269 e. The summed E-state index contributed by atoms with van der Waals surface area (Å²) in [6, 6.07) is 15.9. The molecule has 2 N–H and O–H groups in total. The minimum Gasteiger partial charge on any atom is -0.383 e. The quantitative estimate of drug-likeness (QED) is 0.560. The van der Waals surface area contributed by atoms with Crippen molar-refractivity contribution in [1.82, 2.24) is 4.98 Å². The normalized spacial score (nSPS) is 10.3. The van der Waals surface area contributed by atoms with Gasteiger partial charge in [0.1, 0.15) is 17.5 Å². The van der Waals surface area contributed by atoms with Gasteiger partial charge in [-0.25, -0.2) is 4.98 Å². The second-order valence-electron chi connectivity index (χ2n) is 6.03. The molecular formula is C20H16N4O2. The molecule has 2 aromatic carbocycles. The van der Waals surface area contributed by atoms with E-state index < -0.39 is 4.92 Å². The van der Waals surface area contributed by atoms with E-state index in [2.05, 4.69) is 11.1 Å². The minimum atomic E-state index is -0.462. The molecule has 0 unspecified atom stereocenters. The maximum absolute atomic E-state index is 10.8. The van der Waals surface area contributed by atoms with Crippen LogP contribution in [0.3, 0.4) is 0 Å². The van der Waals surface area contributed by atoms with Gasteiger partial charge in [0.25, 0.3) is 5.69 Å². The summed E-state index contributed by atoms with van der Waals surface area (Å²) in [6.45, 7) is 4.05. The van der Waals surface area contributed by atoms with Crippen LogP contribution < -0.4 is 5.73 Å². The largest absolute Gasteiger partial charge is 0.383 e. The molecule has 0 fully saturated rings. The van der Waals surface area contributed by atoms with Gasteiger partial charge < -0.3 is 5.73 Å². The van der Waals surface area contributed by atoms with E-state index in [0.717, 1.165) is 11.1 Å². The Hall–Kier alpha value is -3.72. The average molecular weight is 344 g/mol. The van der Waals surface area contributed by atoms with Crippen LogP contribution in [-0.4, -0.2) is 9.91 Å². The predicted octanol–water partition coefficient (Wildman–Crippen LogP) is 4.39. The molecule has 0 atom stereocenters. The Bertz CT molecular complexity index is 1050. The third-order valence-electron chi connectivity index (χ3n) is 4.35. The van der Waals surface area contributed by atoms with Crippen molar-refractivity contribution in [2.45, 2.75) is 13.8 Å². The molecular weight excluding hydrogens is 328 g/mol. The molecule has 3 rings (SSSR count). The Kier molecular flexibility index (Phi) is 4.38. The summed E-state index contributed by atoms with van der Waals surface area (Å²) in [4.78, 5) is 14.7. The van der Waals surface area contributed by atoms with Crippen molar-refractivity contribution < 1.29 is 4.92 Å². The number of aryl methyl sites for hydroxylation is 2. The zero-order valence-electron chi connectivity index (χ0n) is 14.4. The van der Waals surface area contributed by atoms with Gasteiger partial charge in [-0.05, 0) is 54.8 Å². The molecule has 1 heterocycles. The number of nitro benzene ring substituents is 1. The van der Waals surface area contributed by atoms with E-state index in [1.165, 1.54) is 17.7 Å². The summed E-state index contributed by atoms with van der Waals surface area (Å²) in [5.41, 5.74) is 11.4. The van der Waals surface area contributed by atoms with Crippen molar-refractivity contribution >= 4 is 11.5 Å². The third-order valence-corrected chi connectivity index (χ3v) is 4.35. The Labute approximate surface area is 150 Å². The molecule has 26 heavy (non-hydrogen) atoms. The fourth-order valence-corrected chi connectivity index (χ4v) is 2.72. The summed E-state index contributed by atoms with van der Waals surface area (Å²) >= 11 is 0. The highest BCUT2D eigenvalue weighted by molar-refractivity contribution is 5.80. The monoisotopic (exact) mass is 344 g/mol. The number of rotatable bonds is 3. The summed E-state index contributed by atoms with van der Waals surface area (Å²) in [5, 5.41) is 20.3. The van der Waals surface area contributed by atoms with Gasteiger partial charge >= 0.3 is 0 Å².